The molecule has 66 valence electrons. The van der Waals surface area contributed by atoms with Crippen molar-refractivity contribution in [2.24, 2.45) is 5.92 Å². The fraction of sp³-hybridized carbons (Fsp3) is 0.364. The molecule has 0 N–H and O–H groups in total. The van der Waals surface area contributed by atoms with Crippen molar-refractivity contribution in [3.8, 4) is 0 Å². The zero-order valence-electron chi connectivity index (χ0n) is 7.36. The van der Waals surface area contributed by atoms with Gasteiger partial charge >= 0.3 is 0 Å². The summed E-state index contributed by atoms with van der Waals surface area (Å²) in [5, 5.41) is 1.32. The van der Waals surface area contributed by atoms with E-state index < -0.39 is 0 Å². The Kier molecular flexibility index (Phi) is 1.62. The summed E-state index contributed by atoms with van der Waals surface area (Å²) in [6.07, 6.45) is 4.03. The standard InChI is InChI=1S/C11H11NS/c1-2-4-10-9(3-1)12-11(13-10)7-8-5-6-8/h1-4,8H,5-7H2. The second kappa shape index (κ2) is 2.81. The average molecular weight is 189 g/mol. The summed E-state index contributed by atoms with van der Waals surface area (Å²) in [6, 6.07) is 8.40. The van der Waals surface area contributed by atoms with Gasteiger partial charge in [-0.05, 0) is 30.9 Å². The first-order valence-electron chi connectivity index (χ1n) is 4.76. The molecule has 2 heteroatoms. The Labute approximate surface area is 81.4 Å². The molecule has 1 aromatic carbocycles. The molecule has 0 radical (unpaired) electrons. The Balaban J connectivity index is 2.00. The van der Waals surface area contributed by atoms with Crippen LogP contribution in [0.15, 0.2) is 24.3 Å². The zero-order valence-corrected chi connectivity index (χ0v) is 8.18. The van der Waals surface area contributed by atoms with Crippen LogP contribution in [0.25, 0.3) is 10.2 Å². The third kappa shape index (κ3) is 1.46. The highest BCUT2D eigenvalue weighted by Gasteiger charge is 2.22. The fourth-order valence-electron chi connectivity index (χ4n) is 1.58. The summed E-state index contributed by atoms with van der Waals surface area (Å²) in [6.45, 7) is 0. The van der Waals surface area contributed by atoms with Crippen LogP contribution >= 0.6 is 11.3 Å². The number of aromatic nitrogens is 1. The lowest BCUT2D eigenvalue weighted by Crippen LogP contribution is -1.83. The van der Waals surface area contributed by atoms with Crippen LogP contribution in [0.1, 0.15) is 17.8 Å². The number of nitrogens with zero attached hydrogens (tertiary/aromatic N) is 1. The number of para-hydroxylation sites is 1. The first-order chi connectivity index (χ1) is 6.42. The van der Waals surface area contributed by atoms with Gasteiger partial charge in [-0.1, -0.05) is 12.1 Å². The van der Waals surface area contributed by atoms with Crippen LogP contribution in [0.2, 0.25) is 0 Å². The van der Waals surface area contributed by atoms with Crippen molar-refractivity contribution in [1.29, 1.82) is 0 Å². The van der Waals surface area contributed by atoms with Crippen molar-refractivity contribution in [1.82, 2.24) is 4.98 Å². The number of rotatable bonds is 2. The molecule has 2 aromatic rings. The molecule has 0 amide bonds. The van der Waals surface area contributed by atoms with Gasteiger partial charge < -0.3 is 0 Å². The molecular formula is C11H11NS. The van der Waals surface area contributed by atoms with Gasteiger partial charge in [0.15, 0.2) is 0 Å². The molecule has 0 bridgehead atoms. The lowest BCUT2D eigenvalue weighted by molar-refractivity contribution is 0.826. The molecule has 1 heterocycles. The number of hydrogen-bond donors (Lipinski definition) is 0. The van der Waals surface area contributed by atoms with Gasteiger partial charge in [-0.15, -0.1) is 11.3 Å². The Morgan fingerprint density at radius 3 is 2.92 bits per heavy atom. The molecule has 1 saturated carbocycles. The number of thiazole rings is 1. The van der Waals surface area contributed by atoms with E-state index in [1.165, 1.54) is 34.5 Å². The van der Waals surface area contributed by atoms with E-state index in [1.54, 1.807) is 0 Å². The fourth-order valence-corrected chi connectivity index (χ4v) is 2.66. The molecule has 3 rings (SSSR count). The molecule has 1 fully saturated rings. The van der Waals surface area contributed by atoms with E-state index in [0.29, 0.717) is 0 Å². The SMILES string of the molecule is c1ccc2sc(CC3CC3)nc2c1. The zero-order chi connectivity index (χ0) is 8.67. The van der Waals surface area contributed by atoms with Gasteiger partial charge in [0, 0.05) is 6.42 Å². The summed E-state index contributed by atoms with van der Waals surface area (Å²) in [5.41, 5.74) is 1.17. The molecule has 1 aromatic heterocycles. The minimum absolute atomic E-state index is 0.945. The molecule has 0 unspecified atom stereocenters. The maximum atomic E-state index is 4.61. The predicted octanol–water partition coefficient (Wildman–Crippen LogP) is 3.25. The van der Waals surface area contributed by atoms with Crippen molar-refractivity contribution in [2.75, 3.05) is 0 Å². The predicted molar refractivity (Wildman–Crippen MR) is 56.0 cm³/mol. The van der Waals surface area contributed by atoms with Crippen molar-refractivity contribution in [3.63, 3.8) is 0 Å². The minimum Gasteiger partial charge on any atom is -0.241 e. The lowest BCUT2D eigenvalue weighted by Gasteiger charge is -1.87. The Hall–Kier alpha value is -0.890. The first-order valence-corrected chi connectivity index (χ1v) is 5.58. The normalized spacial score (nSPS) is 16.6. The molecule has 0 aliphatic heterocycles. The summed E-state index contributed by atoms with van der Waals surface area (Å²) < 4.78 is 1.33. The molecule has 1 aliphatic rings. The van der Waals surface area contributed by atoms with Gasteiger partial charge in [0.05, 0.1) is 15.2 Å². The van der Waals surface area contributed by atoms with Gasteiger partial charge in [0.25, 0.3) is 0 Å². The van der Waals surface area contributed by atoms with E-state index in [1.807, 2.05) is 11.3 Å². The van der Waals surface area contributed by atoms with Gasteiger partial charge in [0.2, 0.25) is 0 Å². The Morgan fingerprint density at radius 1 is 1.31 bits per heavy atom. The molecule has 0 spiro atoms. The van der Waals surface area contributed by atoms with Gasteiger partial charge in [0.1, 0.15) is 0 Å². The highest BCUT2D eigenvalue weighted by molar-refractivity contribution is 7.18. The third-order valence-electron chi connectivity index (χ3n) is 2.50. The van der Waals surface area contributed by atoms with Crippen LogP contribution < -0.4 is 0 Å². The largest absolute Gasteiger partial charge is 0.241 e. The smallest absolute Gasteiger partial charge is 0.0941 e. The average Bonchev–Trinajstić information content (AvgIpc) is 2.85. The molecule has 1 nitrogen and oxygen atoms in total. The Bertz CT molecular complexity index is 395. The quantitative estimate of drug-likeness (QED) is 0.706. The van der Waals surface area contributed by atoms with Crippen LogP contribution in [0.3, 0.4) is 0 Å². The van der Waals surface area contributed by atoms with Gasteiger partial charge in [-0.2, -0.15) is 0 Å². The number of fused-ring (bicyclic) bond motifs is 1. The summed E-state index contributed by atoms with van der Waals surface area (Å²) in [4.78, 5) is 4.61. The van der Waals surface area contributed by atoms with E-state index in [9.17, 15) is 0 Å². The minimum atomic E-state index is 0.945. The lowest BCUT2D eigenvalue weighted by atomic mass is 10.3. The van der Waals surface area contributed by atoms with Crippen LogP contribution in [0, 0.1) is 5.92 Å². The van der Waals surface area contributed by atoms with Crippen molar-refractivity contribution in [2.45, 2.75) is 19.3 Å². The van der Waals surface area contributed by atoms with Gasteiger partial charge in [-0.3, -0.25) is 0 Å². The van der Waals surface area contributed by atoms with Crippen LogP contribution in [-0.4, -0.2) is 4.98 Å². The Morgan fingerprint density at radius 2 is 2.15 bits per heavy atom. The summed E-state index contributed by atoms with van der Waals surface area (Å²) in [5.74, 6) is 0.945. The first kappa shape index (κ1) is 7.51. The van der Waals surface area contributed by atoms with E-state index >= 15 is 0 Å². The highest BCUT2D eigenvalue weighted by Crippen LogP contribution is 2.34. The summed E-state index contributed by atoms with van der Waals surface area (Å²) >= 11 is 1.85. The summed E-state index contributed by atoms with van der Waals surface area (Å²) in [7, 11) is 0. The number of benzene rings is 1. The topological polar surface area (TPSA) is 12.9 Å². The van der Waals surface area contributed by atoms with Crippen molar-refractivity contribution >= 4 is 21.6 Å². The van der Waals surface area contributed by atoms with Crippen LogP contribution in [-0.2, 0) is 6.42 Å². The van der Waals surface area contributed by atoms with E-state index in [2.05, 4.69) is 29.2 Å². The highest BCUT2D eigenvalue weighted by atomic mass is 32.1. The second-order valence-electron chi connectivity index (χ2n) is 3.72. The molecule has 0 saturated heterocycles. The van der Waals surface area contributed by atoms with Crippen molar-refractivity contribution in [3.05, 3.63) is 29.3 Å². The maximum Gasteiger partial charge on any atom is 0.0941 e. The van der Waals surface area contributed by atoms with E-state index in [0.717, 1.165) is 5.92 Å². The van der Waals surface area contributed by atoms with Crippen LogP contribution in [0.5, 0.6) is 0 Å². The van der Waals surface area contributed by atoms with Crippen molar-refractivity contribution < 1.29 is 0 Å². The maximum absolute atomic E-state index is 4.61. The molecule has 13 heavy (non-hydrogen) atoms. The second-order valence-corrected chi connectivity index (χ2v) is 4.84. The molecule has 0 atom stereocenters. The number of hydrogen-bond acceptors (Lipinski definition) is 2. The molecule has 1 aliphatic carbocycles. The van der Waals surface area contributed by atoms with E-state index in [4.69, 9.17) is 0 Å². The van der Waals surface area contributed by atoms with E-state index in [-0.39, 0.29) is 0 Å². The van der Waals surface area contributed by atoms with Gasteiger partial charge in [-0.25, -0.2) is 4.98 Å². The monoisotopic (exact) mass is 189 g/mol. The van der Waals surface area contributed by atoms with Crippen LogP contribution in [0.4, 0.5) is 0 Å². The molecular weight excluding hydrogens is 178 g/mol. The third-order valence-corrected chi connectivity index (χ3v) is 3.56.